The van der Waals surface area contributed by atoms with Crippen molar-refractivity contribution < 1.29 is 4.79 Å². The van der Waals surface area contributed by atoms with Crippen molar-refractivity contribution in [2.24, 2.45) is 4.99 Å². The quantitative estimate of drug-likeness (QED) is 0.336. The molecule has 0 radical (unpaired) electrons. The first-order chi connectivity index (χ1) is 10.4. The van der Waals surface area contributed by atoms with Crippen LogP contribution in [-0.2, 0) is 4.79 Å². The van der Waals surface area contributed by atoms with Crippen molar-refractivity contribution in [3.05, 3.63) is 0 Å². The molecule has 0 aromatic rings. The van der Waals surface area contributed by atoms with Crippen molar-refractivity contribution in [3.63, 3.8) is 0 Å². The van der Waals surface area contributed by atoms with Crippen LogP contribution in [0.4, 0.5) is 0 Å². The molecule has 0 aliphatic carbocycles. The van der Waals surface area contributed by atoms with Gasteiger partial charge in [-0.1, -0.05) is 0 Å². The Labute approximate surface area is 159 Å². The molecule has 0 aliphatic rings. The second-order valence-electron chi connectivity index (χ2n) is 5.73. The van der Waals surface area contributed by atoms with Gasteiger partial charge in [-0.15, -0.1) is 24.0 Å². The Hall–Kier alpha value is -0.570. The van der Waals surface area contributed by atoms with Crippen LogP contribution in [-0.4, -0.2) is 86.0 Å². The Morgan fingerprint density at radius 1 is 1.13 bits per heavy atom. The molecule has 0 spiro atoms. The van der Waals surface area contributed by atoms with E-state index in [1.165, 1.54) is 0 Å². The van der Waals surface area contributed by atoms with Gasteiger partial charge >= 0.3 is 0 Å². The summed E-state index contributed by atoms with van der Waals surface area (Å²) in [6.07, 6.45) is 0. The average molecular weight is 441 g/mol. The van der Waals surface area contributed by atoms with E-state index in [9.17, 15) is 4.79 Å². The predicted octanol–water partition coefficient (Wildman–Crippen LogP) is 1.71. The van der Waals surface area contributed by atoms with Crippen LogP contribution in [0.25, 0.3) is 0 Å². The zero-order chi connectivity index (χ0) is 17.1. The van der Waals surface area contributed by atoms with Gasteiger partial charge in [0.2, 0.25) is 5.91 Å². The topological polar surface area (TPSA) is 51.2 Å². The van der Waals surface area contributed by atoms with E-state index in [1.54, 1.807) is 0 Å². The van der Waals surface area contributed by atoms with Gasteiger partial charge in [0.15, 0.2) is 5.96 Å². The van der Waals surface area contributed by atoms with Crippen LogP contribution in [0.5, 0.6) is 0 Å². The highest BCUT2D eigenvalue weighted by atomic mass is 127. The van der Waals surface area contributed by atoms with Gasteiger partial charge < -0.3 is 20.0 Å². The fraction of sp³-hybridized carbons (Fsp3) is 0.875. The summed E-state index contributed by atoms with van der Waals surface area (Å²) >= 11 is 0. The standard InChI is InChI=1S/C16H35N5O.HI/c1-8-17-16(18-11-12-19(6)14(4)5)20(7)13-15(22)21(9-2)10-3;/h14H,8-13H2,1-7H3,(H,17,18);1H. The Bertz CT molecular complexity index is 345. The van der Waals surface area contributed by atoms with Crippen molar-refractivity contribution in [1.82, 2.24) is 20.0 Å². The number of nitrogens with one attached hydrogen (secondary N) is 1. The van der Waals surface area contributed by atoms with Crippen molar-refractivity contribution in [2.75, 3.05) is 53.4 Å². The molecule has 1 amide bonds. The molecule has 0 aromatic carbocycles. The minimum atomic E-state index is 0. The lowest BCUT2D eigenvalue weighted by Crippen LogP contribution is -2.46. The monoisotopic (exact) mass is 441 g/mol. The Morgan fingerprint density at radius 2 is 1.70 bits per heavy atom. The van der Waals surface area contributed by atoms with E-state index >= 15 is 0 Å². The van der Waals surface area contributed by atoms with Crippen LogP contribution < -0.4 is 5.32 Å². The lowest BCUT2D eigenvalue weighted by Gasteiger charge is -2.26. The minimum absolute atomic E-state index is 0. The van der Waals surface area contributed by atoms with E-state index in [4.69, 9.17) is 0 Å². The Morgan fingerprint density at radius 3 is 2.13 bits per heavy atom. The zero-order valence-electron chi connectivity index (χ0n) is 15.9. The number of guanidine groups is 1. The number of nitrogens with zero attached hydrogens (tertiary/aromatic N) is 4. The summed E-state index contributed by atoms with van der Waals surface area (Å²) in [6, 6.07) is 0.514. The summed E-state index contributed by atoms with van der Waals surface area (Å²) in [6.45, 7) is 14.7. The molecule has 7 heteroatoms. The van der Waals surface area contributed by atoms with E-state index < -0.39 is 0 Å². The van der Waals surface area contributed by atoms with Crippen LogP contribution in [0.2, 0.25) is 0 Å². The first kappa shape index (κ1) is 24.7. The van der Waals surface area contributed by atoms with Crippen LogP contribution in [0.1, 0.15) is 34.6 Å². The van der Waals surface area contributed by atoms with Crippen LogP contribution in [0.15, 0.2) is 4.99 Å². The molecule has 6 nitrogen and oxygen atoms in total. The van der Waals surface area contributed by atoms with Crippen LogP contribution in [0, 0.1) is 0 Å². The summed E-state index contributed by atoms with van der Waals surface area (Å²) in [5.41, 5.74) is 0. The van der Waals surface area contributed by atoms with E-state index in [1.807, 2.05) is 37.6 Å². The Kier molecular flexibility index (Phi) is 14.8. The number of hydrogen-bond acceptors (Lipinski definition) is 3. The zero-order valence-corrected chi connectivity index (χ0v) is 18.3. The molecule has 23 heavy (non-hydrogen) atoms. The summed E-state index contributed by atoms with van der Waals surface area (Å²) in [7, 11) is 4.01. The van der Waals surface area contributed by atoms with Crippen molar-refractivity contribution in [3.8, 4) is 0 Å². The van der Waals surface area contributed by atoms with E-state index in [0.29, 0.717) is 12.6 Å². The SMILES string of the molecule is CCNC(=NCCN(C)C(C)C)N(C)CC(=O)N(CC)CC.I. The third kappa shape index (κ3) is 10.0. The van der Waals surface area contributed by atoms with Gasteiger partial charge in [-0.2, -0.15) is 0 Å². The van der Waals surface area contributed by atoms with Crippen molar-refractivity contribution in [2.45, 2.75) is 40.7 Å². The third-order valence-corrected chi connectivity index (χ3v) is 3.78. The number of carbonyl (C=O) groups excluding carboxylic acids is 1. The van der Waals surface area contributed by atoms with Gasteiger partial charge in [0.25, 0.3) is 0 Å². The highest BCUT2D eigenvalue weighted by Crippen LogP contribution is 1.96. The number of carbonyl (C=O) groups is 1. The van der Waals surface area contributed by atoms with Crippen molar-refractivity contribution >= 4 is 35.8 Å². The summed E-state index contributed by atoms with van der Waals surface area (Å²) < 4.78 is 0. The molecule has 0 heterocycles. The molecular weight excluding hydrogens is 405 g/mol. The number of rotatable bonds is 9. The number of aliphatic imine (C=N–C) groups is 1. The maximum absolute atomic E-state index is 12.2. The van der Waals surface area contributed by atoms with Gasteiger partial charge in [-0.05, 0) is 41.7 Å². The molecule has 0 saturated heterocycles. The van der Waals surface area contributed by atoms with Gasteiger partial charge in [-0.25, -0.2) is 0 Å². The normalized spacial score (nSPS) is 11.4. The highest BCUT2D eigenvalue weighted by Gasteiger charge is 2.15. The summed E-state index contributed by atoms with van der Waals surface area (Å²) in [5.74, 6) is 0.928. The Balaban J connectivity index is 0. The van der Waals surface area contributed by atoms with Crippen molar-refractivity contribution in [1.29, 1.82) is 0 Å². The fourth-order valence-corrected chi connectivity index (χ4v) is 2.00. The molecule has 0 aromatic heterocycles. The number of likely N-dealkylation sites (N-methyl/N-ethyl adjacent to an activating group) is 3. The first-order valence-electron chi connectivity index (χ1n) is 8.34. The first-order valence-corrected chi connectivity index (χ1v) is 8.34. The van der Waals surface area contributed by atoms with E-state index in [2.05, 4.69) is 36.1 Å². The fourth-order valence-electron chi connectivity index (χ4n) is 2.00. The van der Waals surface area contributed by atoms with Gasteiger partial charge in [0.05, 0.1) is 13.1 Å². The predicted molar refractivity (Wildman–Crippen MR) is 110 cm³/mol. The number of hydrogen-bond donors (Lipinski definition) is 1. The largest absolute Gasteiger partial charge is 0.357 e. The van der Waals surface area contributed by atoms with Gasteiger partial charge in [-0.3, -0.25) is 9.79 Å². The smallest absolute Gasteiger partial charge is 0.242 e. The van der Waals surface area contributed by atoms with E-state index in [-0.39, 0.29) is 29.9 Å². The number of amides is 1. The molecule has 1 N–H and O–H groups in total. The minimum Gasteiger partial charge on any atom is -0.357 e. The molecule has 0 saturated carbocycles. The second kappa shape index (κ2) is 13.8. The lowest BCUT2D eigenvalue weighted by atomic mass is 10.3. The van der Waals surface area contributed by atoms with Gasteiger partial charge in [0, 0.05) is 39.3 Å². The summed E-state index contributed by atoms with van der Waals surface area (Å²) in [5, 5.41) is 3.25. The molecule has 0 rings (SSSR count). The van der Waals surface area contributed by atoms with Gasteiger partial charge in [0.1, 0.15) is 0 Å². The molecule has 0 bridgehead atoms. The molecule has 0 unspecified atom stereocenters. The van der Waals surface area contributed by atoms with Crippen LogP contribution in [0.3, 0.4) is 0 Å². The number of halogens is 1. The van der Waals surface area contributed by atoms with Crippen LogP contribution >= 0.6 is 24.0 Å². The molecule has 0 aliphatic heterocycles. The maximum Gasteiger partial charge on any atom is 0.242 e. The molecular formula is C16H36IN5O. The highest BCUT2D eigenvalue weighted by molar-refractivity contribution is 14.0. The lowest BCUT2D eigenvalue weighted by molar-refractivity contribution is -0.131. The molecule has 0 atom stereocenters. The summed E-state index contributed by atoms with van der Waals surface area (Å²) in [4.78, 5) is 22.8. The maximum atomic E-state index is 12.2. The second-order valence-corrected chi connectivity index (χ2v) is 5.73. The van der Waals surface area contributed by atoms with E-state index in [0.717, 1.165) is 38.7 Å². The molecule has 0 fully saturated rings. The average Bonchev–Trinajstić information content (AvgIpc) is 2.47. The third-order valence-electron chi connectivity index (χ3n) is 3.78. The molecule has 138 valence electrons.